The van der Waals surface area contributed by atoms with E-state index in [1.165, 1.54) is 4.90 Å². The molecule has 4 aromatic rings. The van der Waals surface area contributed by atoms with E-state index in [4.69, 9.17) is 11.6 Å². The molecule has 0 spiro atoms. The summed E-state index contributed by atoms with van der Waals surface area (Å²) in [7, 11) is 0. The van der Waals surface area contributed by atoms with Gasteiger partial charge in [0.25, 0.3) is 0 Å². The van der Waals surface area contributed by atoms with Crippen LogP contribution in [-0.4, -0.2) is 40.4 Å². The Hall–Kier alpha value is -4.81. The second-order valence-electron chi connectivity index (χ2n) is 10.4. The van der Waals surface area contributed by atoms with Crippen molar-refractivity contribution >= 4 is 51.4 Å². The molecule has 0 unspecified atom stereocenters. The van der Waals surface area contributed by atoms with E-state index in [1.807, 2.05) is 42.5 Å². The molecule has 200 valence electrons. The number of hydrogen-bond donors (Lipinski definition) is 0. The highest BCUT2D eigenvalue weighted by Crippen LogP contribution is 2.48. The average Bonchev–Trinajstić information content (AvgIpc) is 3.48. The van der Waals surface area contributed by atoms with Gasteiger partial charge in [0.2, 0.25) is 11.8 Å². The third kappa shape index (κ3) is 3.94. The molecule has 0 aromatic heterocycles. The number of anilines is 1. The van der Waals surface area contributed by atoms with Gasteiger partial charge >= 0.3 is 0 Å². The number of fused-ring (bicyclic) bond motifs is 4. The summed E-state index contributed by atoms with van der Waals surface area (Å²) in [5.41, 5.74) is 1.82. The summed E-state index contributed by atoms with van der Waals surface area (Å²) in [6.07, 6.45) is 5.08. The molecule has 2 fully saturated rings. The Kier molecular flexibility index (Phi) is 5.94. The van der Waals surface area contributed by atoms with E-state index in [0.717, 1.165) is 10.8 Å². The lowest BCUT2D eigenvalue weighted by molar-refractivity contribution is -0.123. The SMILES string of the molecule is O=C(C1=C[C@@H]2[C@H]3C(=O)N(c4cccc5ccccc45)C(=O)[C@H]3[C@@H](C(=O)c3ccc(Cl)cc3)N2C=C1)c1ccccc1. The maximum atomic E-state index is 14.2. The molecule has 41 heavy (non-hydrogen) atoms. The Bertz CT molecular complexity index is 1810. The zero-order chi connectivity index (χ0) is 28.2. The fraction of sp³-hybridized carbons (Fsp3) is 0.118. The number of hydrogen-bond acceptors (Lipinski definition) is 5. The van der Waals surface area contributed by atoms with Crippen molar-refractivity contribution in [1.82, 2.24) is 4.90 Å². The number of amides is 2. The summed E-state index contributed by atoms with van der Waals surface area (Å²) in [6, 6.07) is 26.9. The van der Waals surface area contributed by atoms with E-state index < -0.39 is 29.8 Å². The first kappa shape index (κ1) is 25.2. The van der Waals surface area contributed by atoms with E-state index in [-0.39, 0.29) is 17.5 Å². The number of imide groups is 1. The smallest absolute Gasteiger partial charge is 0.240 e. The van der Waals surface area contributed by atoms with Crippen LogP contribution in [0.1, 0.15) is 20.7 Å². The van der Waals surface area contributed by atoms with Gasteiger partial charge in [-0.2, -0.15) is 0 Å². The predicted molar refractivity (Wildman–Crippen MR) is 157 cm³/mol. The number of carbonyl (C=O) groups excluding carboxylic acids is 4. The van der Waals surface area contributed by atoms with Crippen LogP contribution >= 0.6 is 11.6 Å². The van der Waals surface area contributed by atoms with Crippen molar-refractivity contribution in [2.75, 3.05) is 4.90 Å². The molecule has 4 aromatic carbocycles. The van der Waals surface area contributed by atoms with E-state index in [9.17, 15) is 19.2 Å². The minimum absolute atomic E-state index is 0.187. The normalized spacial score (nSPS) is 23.0. The molecule has 7 rings (SSSR count). The summed E-state index contributed by atoms with van der Waals surface area (Å²) in [4.78, 5) is 58.8. The fourth-order valence-electron chi connectivity index (χ4n) is 6.38. The summed E-state index contributed by atoms with van der Waals surface area (Å²) in [5, 5.41) is 2.16. The van der Waals surface area contributed by atoms with Crippen LogP contribution in [0, 0.1) is 11.8 Å². The number of rotatable bonds is 5. The average molecular weight is 559 g/mol. The third-order valence-electron chi connectivity index (χ3n) is 8.25. The number of nitrogens with zero attached hydrogens (tertiary/aromatic N) is 2. The van der Waals surface area contributed by atoms with Gasteiger partial charge in [0.05, 0.1) is 23.6 Å². The van der Waals surface area contributed by atoms with Gasteiger partial charge < -0.3 is 4.90 Å². The number of Topliss-reactive ketones (excluding diaryl/α,β-unsaturated/α-hetero) is 2. The van der Waals surface area contributed by atoms with Crippen LogP contribution in [0.3, 0.4) is 0 Å². The molecule has 6 nitrogen and oxygen atoms in total. The minimum Gasteiger partial charge on any atom is -0.359 e. The van der Waals surface area contributed by atoms with Gasteiger partial charge in [-0.3, -0.25) is 19.2 Å². The van der Waals surface area contributed by atoms with Crippen LogP contribution < -0.4 is 4.90 Å². The highest BCUT2D eigenvalue weighted by molar-refractivity contribution is 6.31. The summed E-state index contributed by atoms with van der Waals surface area (Å²) in [5.74, 6) is -3.04. The molecule has 0 aliphatic carbocycles. The van der Waals surface area contributed by atoms with Gasteiger partial charge in [-0.05, 0) is 41.8 Å². The highest BCUT2D eigenvalue weighted by atomic mass is 35.5. The van der Waals surface area contributed by atoms with Crippen molar-refractivity contribution in [3.63, 3.8) is 0 Å². The van der Waals surface area contributed by atoms with Crippen molar-refractivity contribution in [3.05, 3.63) is 137 Å². The van der Waals surface area contributed by atoms with Crippen LogP contribution in [0.2, 0.25) is 5.02 Å². The Morgan fingerprint density at radius 1 is 0.707 bits per heavy atom. The monoisotopic (exact) mass is 558 g/mol. The van der Waals surface area contributed by atoms with E-state index in [2.05, 4.69) is 0 Å². The number of ketones is 2. The van der Waals surface area contributed by atoms with Gasteiger partial charge in [-0.25, -0.2) is 4.90 Å². The van der Waals surface area contributed by atoms with Gasteiger partial charge in [-0.15, -0.1) is 0 Å². The van der Waals surface area contributed by atoms with Crippen molar-refractivity contribution in [1.29, 1.82) is 0 Å². The lowest BCUT2D eigenvalue weighted by atomic mass is 9.85. The molecule has 0 radical (unpaired) electrons. The van der Waals surface area contributed by atoms with Crippen molar-refractivity contribution < 1.29 is 19.2 Å². The summed E-state index contributed by atoms with van der Waals surface area (Å²) >= 11 is 6.07. The number of allylic oxidation sites excluding steroid dienone is 2. The first-order chi connectivity index (χ1) is 19.9. The topological polar surface area (TPSA) is 74.8 Å². The molecular formula is C34H23ClN2O4. The van der Waals surface area contributed by atoms with Gasteiger partial charge in [0.15, 0.2) is 11.6 Å². The first-order valence-corrected chi connectivity index (χ1v) is 13.7. The largest absolute Gasteiger partial charge is 0.359 e. The molecule has 7 heteroatoms. The van der Waals surface area contributed by atoms with E-state index >= 15 is 0 Å². The summed E-state index contributed by atoms with van der Waals surface area (Å²) in [6.45, 7) is 0. The molecule has 2 saturated heterocycles. The van der Waals surface area contributed by atoms with Gasteiger partial charge in [-0.1, -0.05) is 84.4 Å². The van der Waals surface area contributed by atoms with Gasteiger partial charge in [0.1, 0.15) is 6.04 Å². The molecular weight excluding hydrogens is 536 g/mol. The lowest BCUT2D eigenvalue weighted by Gasteiger charge is -2.33. The van der Waals surface area contributed by atoms with Crippen molar-refractivity contribution in [2.24, 2.45) is 11.8 Å². The zero-order valence-electron chi connectivity index (χ0n) is 21.7. The maximum Gasteiger partial charge on any atom is 0.240 e. The van der Waals surface area contributed by atoms with Crippen LogP contribution in [0.4, 0.5) is 5.69 Å². The lowest BCUT2D eigenvalue weighted by Crippen LogP contribution is -2.46. The standard InChI is InChI=1S/C34H23ClN2O4/c35-24-15-13-22(14-16-24)32(39)30-29-28(27-19-23(17-18-36(27)30)31(38)21-8-2-1-3-9-21)33(40)37(34(29)41)26-12-6-10-20-7-4-5-11-25(20)26/h1-19,27-30H/t27-,28-,29-,30+/m1/s1. The number of carbonyl (C=O) groups is 4. The molecule has 2 amide bonds. The quantitative estimate of drug-likeness (QED) is 0.226. The molecule has 3 heterocycles. The van der Waals surface area contributed by atoms with Crippen LogP contribution in [0.25, 0.3) is 10.8 Å². The molecule has 0 saturated carbocycles. The zero-order valence-corrected chi connectivity index (χ0v) is 22.4. The fourth-order valence-corrected chi connectivity index (χ4v) is 6.51. The van der Waals surface area contributed by atoms with Crippen LogP contribution in [-0.2, 0) is 9.59 Å². The Morgan fingerprint density at radius 2 is 1.39 bits per heavy atom. The molecule has 3 aliphatic heterocycles. The highest BCUT2D eigenvalue weighted by Gasteiger charge is 2.63. The Balaban J connectivity index is 1.34. The molecule has 0 bridgehead atoms. The minimum atomic E-state index is -0.929. The first-order valence-electron chi connectivity index (χ1n) is 13.4. The predicted octanol–water partition coefficient (Wildman–Crippen LogP) is 5.87. The molecule has 0 N–H and O–H groups in total. The Morgan fingerprint density at radius 3 is 2.17 bits per heavy atom. The van der Waals surface area contributed by atoms with Crippen LogP contribution in [0.15, 0.2) is 121 Å². The number of benzene rings is 4. The second kappa shape index (κ2) is 9.68. The summed E-state index contributed by atoms with van der Waals surface area (Å²) < 4.78 is 0. The van der Waals surface area contributed by atoms with Crippen molar-refractivity contribution in [2.45, 2.75) is 12.1 Å². The van der Waals surface area contributed by atoms with Crippen molar-refractivity contribution in [3.8, 4) is 0 Å². The Labute approximate surface area is 241 Å². The van der Waals surface area contributed by atoms with Crippen LogP contribution in [0.5, 0.6) is 0 Å². The van der Waals surface area contributed by atoms with Gasteiger partial charge in [0, 0.05) is 33.3 Å². The third-order valence-corrected chi connectivity index (χ3v) is 8.50. The molecule has 3 aliphatic rings. The maximum absolute atomic E-state index is 14.2. The van der Waals surface area contributed by atoms with E-state index in [0.29, 0.717) is 27.4 Å². The number of halogens is 1. The molecule has 4 atom stereocenters. The van der Waals surface area contributed by atoms with E-state index in [1.54, 1.807) is 77.8 Å². The second-order valence-corrected chi connectivity index (χ2v) is 10.9.